The van der Waals surface area contributed by atoms with E-state index in [-0.39, 0.29) is 24.3 Å². The number of hydrogen-bond acceptors (Lipinski definition) is 5. The Kier molecular flexibility index (Phi) is 6.81. The predicted octanol–water partition coefficient (Wildman–Crippen LogP) is 2.73. The Balaban J connectivity index is 1.30. The average molecular weight is 447 g/mol. The summed E-state index contributed by atoms with van der Waals surface area (Å²) < 4.78 is 0. The van der Waals surface area contributed by atoms with E-state index in [1.807, 2.05) is 42.5 Å². The molecular weight excluding hydrogens is 424 g/mol. The van der Waals surface area contributed by atoms with Crippen molar-refractivity contribution in [2.45, 2.75) is 16.5 Å². The lowest BCUT2D eigenvalue weighted by Gasteiger charge is -2.26. The van der Waals surface area contributed by atoms with E-state index in [9.17, 15) is 14.4 Å². The molecule has 1 aliphatic heterocycles. The Morgan fingerprint density at radius 3 is 2.44 bits per heavy atom. The highest BCUT2D eigenvalue weighted by molar-refractivity contribution is 7.99. The van der Waals surface area contributed by atoms with E-state index < -0.39 is 0 Å². The van der Waals surface area contributed by atoms with Crippen molar-refractivity contribution in [3.05, 3.63) is 89.6 Å². The molecule has 3 amide bonds. The number of piperazine rings is 1. The summed E-state index contributed by atoms with van der Waals surface area (Å²) >= 11 is 1.54. The van der Waals surface area contributed by atoms with E-state index in [1.165, 1.54) is 16.7 Å². The minimum atomic E-state index is -0.168. The SMILES string of the molecule is O=C1CN(C(=O)c2ccc(CNC(=O)c3ccc(Sc4ccccn4)cc3)cc2)CCN1. The highest BCUT2D eigenvalue weighted by Gasteiger charge is 2.22. The molecule has 2 N–H and O–H groups in total. The Morgan fingerprint density at radius 2 is 1.75 bits per heavy atom. The molecular formula is C24H22N4O3S. The van der Waals surface area contributed by atoms with Gasteiger partial charge in [-0.05, 0) is 54.1 Å². The normalized spacial score (nSPS) is 13.4. The van der Waals surface area contributed by atoms with E-state index >= 15 is 0 Å². The van der Waals surface area contributed by atoms with Gasteiger partial charge >= 0.3 is 0 Å². The molecule has 8 heteroatoms. The van der Waals surface area contributed by atoms with Crippen LogP contribution in [0.4, 0.5) is 0 Å². The summed E-state index contributed by atoms with van der Waals surface area (Å²) in [6.07, 6.45) is 1.75. The summed E-state index contributed by atoms with van der Waals surface area (Å²) in [4.78, 5) is 43.3. The van der Waals surface area contributed by atoms with Gasteiger partial charge in [0.25, 0.3) is 11.8 Å². The van der Waals surface area contributed by atoms with Crippen LogP contribution in [0.15, 0.2) is 82.8 Å². The molecule has 0 atom stereocenters. The largest absolute Gasteiger partial charge is 0.353 e. The van der Waals surface area contributed by atoms with Gasteiger partial charge in [0.1, 0.15) is 5.03 Å². The molecule has 7 nitrogen and oxygen atoms in total. The van der Waals surface area contributed by atoms with E-state index in [0.717, 1.165) is 15.5 Å². The predicted molar refractivity (Wildman–Crippen MR) is 121 cm³/mol. The molecule has 1 fully saturated rings. The lowest BCUT2D eigenvalue weighted by Crippen LogP contribution is -2.49. The van der Waals surface area contributed by atoms with Gasteiger partial charge < -0.3 is 15.5 Å². The van der Waals surface area contributed by atoms with Gasteiger partial charge in [-0.2, -0.15) is 0 Å². The molecule has 0 spiro atoms. The lowest BCUT2D eigenvalue weighted by atomic mass is 10.1. The van der Waals surface area contributed by atoms with Crippen molar-refractivity contribution in [2.24, 2.45) is 0 Å². The van der Waals surface area contributed by atoms with E-state index in [4.69, 9.17) is 0 Å². The number of nitrogens with one attached hydrogen (secondary N) is 2. The first-order valence-electron chi connectivity index (χ1n) is 10.2. The van der Waals surface area contributed by atoms with Crippen molar-refractivity contribution < 1.29 is 14.4 Å². The molecule has 0 saturated carbocycles. The molecule has 4 rings (SSSR count). The van der Waals surface area contributed by atoms with Gasteiger partial charge in [0.15, 0.2) is 0 Å². The summed E-state index contributed by atoms with van der Waals surface area (Å²) in [6, 6.07) is 20.2. The maximum absolute atomic E-state index is 12.5. The van der Waals surface area contributed by atoms with Crippen LogP contribution in [-0.2, 0) is 11.3 Å². The molecule has 0 bridgehead atoms. The molecule has 1 aromatic heterocycles. The van der Waals surface area contributed by atoms with Crippen LogP contribution >= 0.6 is 11.8 Å². The molecule has 1 saturated heterocycles. The van der Waals surface area contributed by atoms with Crippen LogP contribution in [-0.4, -0.2) is 47.2 Å². The Bertz CT molecular complexity index is 1100. The van der Waals surface area contributed by atoms with Crippen LogP contribution in [0.2, 0.25) is 0 Å². The van der Waals surface area contributed by atoms with Gasteiger partial charge in [-0.3, -0.25) is 14.4 Å². The first-order valence-corrected chi connectivity index (χ1v) is 11.0. The van der Waals surface area contributed by atoms with Crippen molar-refractivity contribution in [3.63, 3.8) is 0 Å². The highest BCUT2D eigenvalue weighted by Crippen LogP contribution is 2.25. The van der Waals surface area contributed by atoms with Crippen LogP contribution in [0.1, 0.15) is 26.3 Å². The topological polar surface area (TPSA) is 91.4 Å². The van der Waals surface area contributed by atoms with Gasteiger partial charge in [0, 0.05) is 41.9 Å². The molecule has 2 aromatic carbocycles. The van der Waals surface area contributed by atoms with Crippen molar-refractivity contribution in [3.8, 4) is 0 Å². The van der Waals surface area contributed by atoms with Gasteiger partial charge in [-0.15, -0.1) is 0 Å². The Hall–Kier alpha value is -3.65. The zero-order valence-corrected chi connectivity index (χ0v) is 18.1. The molecule has 1 aliphatic rings. The lowest BCUT2D eigenvalue weighted by molar-refractivity contribution is -0.123. The molecule has 0 unspecified atom stereocenters. The fourth-order valence-corrected chi connectivity index (χ4v) is 4.02. The summed E-state index contributed by atoms with van der Waals surface area (Å²) in [5.74, 6) is -0.481. The number of amides is 3. The van der Waals surface area contributed by atoms with Crippen LogP contribution in [0.3, 0.4) is 0 Å². The third-order valence-corrected chi connectivity index (χ3v) is 5.91. The second-order valence-corrected chi connectivity index (χ2v) is 8.34. The monoisotopic (exact) mass is 446 g/mol. The summed E-state index contributed by atoms with van der Waals surface area (Å²) in [7, 11) is 0. The number of benzene rings is 2. The molecule has 3 aromatic rings. The minimum absolute atomic E-state index is 0.0792. The standard InChI is InChI=1S/C24H22N4O3S/c29-21-16-28(14-13-25-21)24(31)19-6-4-17(5-7-19)15-27-23(30)18-8-10-20(11-9-18)32-22-3-1-2-12-26-22/h1-12H,13-16H2,(H,25,29)(H,27,30). The van der Waals surface area contributed by atoms with Gasteiger partial charge in [-0.1, -0.05) is 30.0 Å². The maximum atomic E-state index is 12.5. The van der Waals surface area contributed by atoms with Gasteiger partial charge in [0.2, 0.25) is 5.91 Å². The first-order chi connectivity index (χ1) is 15.6. The van der Waals surface area contributed by atoms with E-state index in [1.54, 1.807) is 30.5 Å². The molecule has 2 heterocycles. The van der Waals surface area contributed by atoms with Crippen LogP contribution in [0, 0.1) is 0 Å². The number of rotatable bonds is 6. The first kappa shape index (κ1) is 21.6. The third-order valence-electron chi connectivity index (χ3n) is 4.96. The summed E-state index contributed by atoms with van der Waals surface area (Å²) in [5.41, 5.74) is 1.98. The van der Waals surface area contributed by atoms with Gasteiger partial charge in [0.05, 0.1) is 6.54 Å². The second-order valence-electron chi connectivity index (χ2n) is 7.25. The van der Waals surface area contributed by atoms with Crippen LogP contribution in [0.25, 0.3) is 0 Å². The van der Waals surface area contributed by atoms with Crippen molar-refractivity contribution >= 4 is 29.5 Å². The number of hydrogen-bond donors (Lipinski definition) is 2. The van der Waals surface area contributed by atoms with Gasteiger partial charge in [-0.25, -0.2) is 4.98 Å². The number of pyridine rings is 1. The minimum Gasteiger partial charge on any atom is -0.353 e. The van der Waals surface area contributed by atoms with E-state index in [0.29, 0.717) is 30.8 Å². The molecule has 32 heavy (non-hydrogen) atoms. The van der Waals surface area contributed by atoms with Crippen molar-refractivity contribution in [1.29, 1.82) is 0 Å². The highest BCUT2D eigenvalue weighted by atomic mass is 32.2. The average Bonchev–Trinajstić information content (AvgIpc) is 2.83. The fraction of sp³-hybridized carbons (Fsp3) is 0.167. The van der Waals surface area contributed by atoms with Crippen molar-refractivity contribution in [2.75, 3.05) is 19.6 Å². The van der Waals surface area contributed by atoms with Crippen LogP contribution in [0.5, 0.6) is 0 Å². The second kappa shape index (κ2) is 10.1. The van der Waals surface area contributed by atoms with Crippen LogP contribution < -0.4 is 10.6 Å². The summed E-state index contributed by atoms with van der Waals surface area (Å²) in [5, 5.41) is 6.50. The van der Waals surface area contributed by atoms with Crippen molar-refractivity contribution in [1.82, 2.24) is 20.5 Å². The smallest absolute Gasteiger partial charge is 0.254 e. The quantitative estimate of drug-likeness (QED) is 0.608. The van der Waals surface area contributed by atoms with E-state index in [2.05, 4.69) is 15.6 Å². The molecule has 162 valence electrons. The fourth-order valence-electron chi connectivity index (χ4n) is 3.25. The Morgan fingerprint density at radius 1 is 1.00 bits per heavy atom. The zero-order chi connectivity index (χ0) is 22.3. The third kappa shape index (κ3) is 5.53. The Labute approximate surface area is 190 Å². The number of carbonyl (C=O) groups excluding carboxylic acids is 3. The molecule has 0 radical (unpaired) electrons. The number of nitrogens with zero attached hydrogens (tertiary/aromatic N) is 2. The number of carbonyl (C=O) groups is 3. The molecule has 0 aliphatic carbocycles. The summed E-state index contributed by atoms with van der Waals surface area (Å²) in [6.45, 7) is 1.40. The zero-order valence-electron chi connectivity index (χ0n) is 17.3. The maximum Gasteiger partial charge on any atom is 0.254 e. The number of aromatic nitrogens is 1.